The molecule has 0 fully saturated rings. The second-order valence-electron chi connectivity index (χ2n) is 7.37. The van der Waals surface area contributed by atoms with Gasteiger partial charge in [0, 0.05) is 46.7 Å². The summed E-state index contributed by atoms with van der Waals surface area (Å²) in [4.78, 5) is 20.8. The molecule has 0 amide bonds. The molecule has 6 aromatic rings. The van der Waals surface area contributed by atoms with Crippen molar-refractivity contribution in [2.75, 3.05) is 7.11 Å². The summed E-state index contributed by atoms with van der Waals surface area (Å²) in [6.45, 7) is 0. The zero-order valence-electron chi connectivity index (χ0n) is 17.1. The van der Waals surface area contributed by atoms with E-state index in [9.17, 15) is 0 Å². The predicted molar refractivity (Wildman–Crippen MR) is 122 cm³/mol. The van der Waals surface area contributed by atoms with E-state index in [1.165, 1.54) is 0 Å². The molecular weight excluding hydrogens is 402 g/mol. The molecule has 0 bridgehead atoms. The van der Waals surface area contributed by atoms with Crippen molar-refractivity contribution in [3.63, 3.8) is 0 Å². The van der Waals surface area contributed by atoms with Gasteiger partial charge < -0.3 is 9.72 Å². The van der Waals surface area contributed by atoms with Crippen molar-refractivity contribution in [1.29, 1.82) is 0 Å². The Bertz CT molecular complexity index is 1570. The second-order valence-corrected chi connectivity index (χ2v) is 7.37. The van der Waals surface area contributed by atoms with E-state index in [0.29, 0.717) is 5.75 Å². The number of methoxy groups -OCH3 is 1. The van der Waals surface area contributed by atoms with Crippen molar-refractivity contribution in [1.82, 2.24) is 35.1 Å². The maximum Gasteiger partial charge on any atom is 0.137 e. The number of nitrogens with one attached hydrogen (secondary N) is 2. The highest BCUT2D eigenvalue weighted by atomic mass is 16.5. The Morgan fingerprint density at radius 1 is 0.781 bits per heavy atom. The van der Waals surface area contributed by atoms with Crippen LogP contribution in [0.5, 0.6) is 5.75 Å². The van der Waals surface area contributed by atoms with Crippen LogP contribution >= 0.6 is 0 Å². The minimum absolute atomic E-state index is 0.684. The highest BCUT2D eigenvalue weighted by Gasteiger charge is 2.15. The standard InChI is InChI=1S/C24H17N7O/c1-32-16-6-15(9-26-10-16)20-8-18-23(13-28-20)30-31-24(18)21-7-17-19(11-27-12-22(17)29-21)14-2-4-25-5-3-14/h2-13,29H,1H3,(H,30,31). The Hall–Kier alpha value is -4.59. The zero-order chi connectivity index (χ0) is 21.5. The molecule has 2 N–H and O–H groups in total. The van der Waals surface area contributed by atoms with E-state index >= 15 is 0 Å². The molecule has 32 heavy (non-hydrogen) atoms. The monoisotopic (exact) mass is 419 g/mol. The minimum atomic E-state index is 0.684. The summed E-state index contributed by atoms with van der Waals surface area (Å²) < 4.78 is 5.30. The molecule has 6 aromatic heterocycles. The van der Waals surface area contributed by atoms with Crippen LogP contribution in [0.1, 0.15) is 0 Å². The van der Waals surface area contributed by atoms with Crippen LogP contribution in [0.4, 0.5) is 0 Å². The Morgan fingerprint density at radius 3 is 2.53 bits per heavy atom. The van der Waals surface area contributed by atoms with E-state index in [4.69, 9.17) is 4.74 Å². The van der Waals surface area contributed by atoms with Gasteiger partial charge in [-0.1, -0.05) is 0 Å². The first-order valence-corrected chi connectivity index (χ1v) is 10.0. The van der Waals surface area contributed by atoms with Crippen LogP contribution in [0.15, 0.2) is 73.7 Å². The average molecular weight is 419 g/mol. The number of fused-ring (bicyclic) bond motifs is 2. The molecule has 6 rings (SSSR count). The van der Waals surface area contributed by atoms with Crippen molar-refractivity contribution in [2.45, 2.75) is 0 Å². The number of aromatic nitrogens is 7. The first kappa shape index (κ1) is 18.2. The lowest BCUT2D eigenvalue weighted by Crippen LogP contribution is -1.88. The Labute approximate surface area is 182 Å². The number of hydrogen-bond donors (Lipinski definition) is 2. The second kappa shape index (κ2) is 7.28. The van der Waals surface area contributed by atoms with Crippen LogP contribution in [-0.2, 0) is 0 Å². The van der Waals surface area contributed by atoms with Crippen LogP contribution in [0.3, 0.4) is 0 Å². The third kappa shape index (κ3) is 2.97. The lowest BCUT2D eigenvalue weighted by atomic mass is 10.1. The van der Waals surface area contributed by atoms with Crippen molar-refractivity contribution in [3.8, 4) is 39.5 Å². The molecule has 0 saturated carbocycles. The summed E-state index contributed by atoms with van der Waals surface area (Å²) in [5, 5.41) is 9.68. The molecule has 8 heteroatoms. The van der Waals surface area contributed by atoms with Crippen LogP contribution in [0, 0.1) is 0 Å². The molecule has 6 heterocycles. The van der Waals surface area contributed by atoms with Crippen LogP contribution in [-0.4, -0.2) is 42.2 Å². The molecule has 0 saturated heterocycles. The van der Waals surface area contributed by atoms with Crippen LogP contribution in [0.2, 0.25) is 0 Å². The fourth-order valence-corrected chi connectivity index (χ4v) is 3.89. The van der Waals surface area contributed by atoms with Gasteiger partial charge in [0.25, 0.3) is 0 Å². The molecule has 0 aliphatic carbocycles. The largest absolute Gasteiger partial charge is 0.495 e. The third-order valence-corrected chi connectivity index (χ3v) is 5.48. The molecular formula is C24H17N7O. The number of nitrogens with zero attached hydrogens (tertiary/aromatic N) is 5. The van der Waals surface area contributed by atoms with Gasteiger partial charge in [0.05, 0.1) is 48.1 Å². The van der Waals surface area contributed by atoms with Gasteiger partial charge in [0.15, 0.2) is 0 Å². The Kier molecular flexibility index (Phi) is 4.14. The van der Waals surface area contributed by atoms with E-state index < -0.39 is 0 Å². The molecule has 0 atom stereocenters. The SMILES string of the molecule is COc1cncc(-c2cc3c(-c4cc5c(-c6ccncc6)cncc5[nH]4)n[nH]c3cn2)c1. The van der Waals surface area contributed by atoms with E-state index in [0.717, 1.165) is 55.6 Å². The van der Waals surface area contributed by atoms with Crippen LogP contribution < -0.4 is 4.74 Å². The van der Waals surface area contributed by atoms with Gasteiger partial charge in [-0.3, -0.25) is 25.0 Å². The zero-order valence-corrected chi connectivity index (χ0v) is 17.1. The number of hydrogen-bond acceptors (Lipinski definition) is 6. The average Bonchev–Trinajstić information content (AvgIpc) is 3.48. The highest BCUT2D eigenvalue weighted by Crippen LogP contribution is 2.34. The van der Waals surface area contributed by atoms with Gasteiger partial charge in [-0.05, 0) is 35.9 Å². The maximum atomic E-state index is 5.30. The molecule has 0 spiro atoms. The van der Waals surface area contributed by atoms with E-state index in [1.807, 2.05) is 36.7 Å². The van der Waals surface area contributed by atoms with Gasteiger partial charge in [-0.15, -0.1) is 0 Å². The quantitative estimate of drug-likeness (QED) is 0.431. The summed E-state index contributed by atoms with van der Waals surface area (Å²) in [5.41, 5.74) is 7.28. The van der Waals surface area contributed by atoms with Crippen molar-refractivity contribution >= 4 is 21.8 Å². The Balaban J connectivity index is 1.50. The number of aromatic amines is 2. The molecule has 154 valence electrons. The number of pyridine rings is 4. The molecule has 0 unspecified atom stereocenters. The van der Waals surface area contributed by atoms with Gasteiger partial charge in [-0.2, -0.15) is 5.10 Å². The normalized spacial score (nSPS) is 11.3. The molecule has 0 radical (unpaired) electrons. The summed E-state index contributed by atoms with van der Waals surface area (Å²) in [6.07, 6.45) is 12.5. The summed E-state index contributed by atoms with van der Waals surface area (Å²) in [7, 11) is 1.62. The van der Waals surface area contributed by atoms with Crippen molar-refractivity contribution < 1.29 is 4.74 Å². The number of rotatable bonds is 4. The summed E-state index contributed by atoms with van der Waals surface area (Å²) in [6, 6.07) is 9.99. The smallest absolute Gasteiger partial charge is 0.137 e. The maximum absolute atomic E-state index is 5.30. The fraction of sp³-hybridized carbons (Fsp3) is 0.0417. The number of H-pyrrole nitrogens is 2. The Morgan fingerprint density at radius 2 is 1.66 bits per heavy atom. The molecule has 8 nitrogen and oxygen atoms in total. The van der Waals surface area contributed by atoms with Gasteiger partial charge in [0.2, 0.25) is 0 Å². The van der Waals surface area contributed by atoms with E-state index in [2.05, 4.69) is 41.2 Å². The highest BCUT2D eigenvalue weighted by molar-refractivity contribution is 6.01. The molecule has 0 aromatic carbocycles. The predicted octanol–water partition coefficient (Wildman–Crippen LogP) is 4.63. The summed E-state index contributed by atoms with van der Waals surface area (Å²) >= 11 is 0. The topological polar surface area (TPSA) is 105 Å². The minimum Gasteiger partial charge on any atom is -0.495 e. The van der Waals surface area contributed by atoms with Gasteiger partial charge >= 0.3 is 0 Å². The lowest BCUT2D eigenvalue weighted by Gasteiger charge is -2.04. The molecule has 0 aliphatic heterocycles. The fourth-order valence-electron chi connectivity index (χ4n) is 3.89. The first-order valence-electron chi connectivity index (χ1n) is 10.0. The van der Waals surface area contributed by atoms with Crippen molar-refractivity contribution in [2.24, 2.45) is 0 Å². The first-order chi connectivity index (χ1) is 15.8. The van der Waals surface area contributed by atoms with Gasteiger partial charge in [-0.25, -0.2) is 0 Å². The van der Waals surface area contributed by atoms with Crippen molar-refractivity contribution in [3.05, 3.63) is 73.7 Å². The lowest BCUT2D eigenvalue weighted by molar-refractivity contribution is 0.413. The third-order valence-electron chi connectivity index (χ3n) is 5.48. The number of ether oxygens (including phenoxy) is 1. The summed E-state index contributed by atoms with van der Waals surface area (Å²) in [5.74, 6) is 0.684. The van der Waals surface area contributed by atoms with Gasteiger partial charge in [0.1, 0.15) is 11.4 Å². The van der Waals surface area contributed by atoms with E-state index in [1.54, 1.807) is 38.1 Å². The van der Waals surface area contributed by atoms with Crippen LogP contribution in [0.25, 0.3) is 55.6 Å². The van der Waals surface area contributed by atoms with E-state index in [-0.39, 0.29) is 0 Å². The molecule has 0 aliphatic rings.